The van der Waals surface area contributed by atoms with Gasteiger partial charge in [0.05, 0.1) is 5.56 Å². The third-order valence-electron chi connectivity index (χ3n) is 5.52. The third kappa shape index (κ3) is 3.65. The highest BCUT2D eigenvalue weighted by Crippen LogP contribution is 2.22. The van der Waals surface area contributed by atoms with Crippen LogP contribution in [0.3, 0.4) is 0 Å². The molecule has 144 valence electrons. The van der Waals surface area contributed by atoms with Gasteiger partial charge in [0, 0.05) is 56.7 Å². The fraction of sp³-hybridized carbons (Fsp3) is 0.304. The summed E-state index contributed by atoms with van der Waals surface area (Å²) in [5.41, 5.74) is 2.98. The maximum absolute atomic E-state index is 13.0. The molecule has 5 nitrogen and oxygen atoms in total. The highest BCUT2D eigenvalue weighted by Gasteiger charge is 2.26. The summed E-state index contributed by atoms with van der Waals surface area (Å²) in [5.74, 6) is 0.217. The summed E-state index contributed by atoms with van der Waals surface area (Å²) in [7, 11) is 1.96. The fourth-order valence-electron chi connectivity index (χ4n) is 3.90. The summed E-state index contributed by atoms with van der Waals surface area (Å²) in [6, 6.07) is 18.0. The molecular weight excluding hydrogens is 350 g/mol. The predicted molar refractivity (Wildman–Crippen MR) is 110 cm³/mol. The van der Waals surface area contributed by atoms with Crippen LogP contribution in [0.2, 0.25) is 0 Å². The fourth-order valence-corrected chi connectivity index (χ4v) is 3.90. The lowest BCUT2D eigenvalue weighted by Gasteiger charge is -2.34. The van der Waals surface area contributed by atoms with E-state index in [0.29, 0.717) is 32.6 Å². The zero-order chi connectivity index (χ0) is 19.5. The van der Waals surface area contributed by atoms with Gasteiger partial charge in [-0.25, -0.2) is 0 Å². The van der Waals surface area contributed by atoms with E-state index in [4.69, 9.17) is 0 Å². The number of hydrogen-bond donors (Lipinski definition) is 0. The highest BCUT2D eigenvalue weighted by atomic mass is 16.2. The Balaban J connectivity index is 1.35. The first-order valence-electron chi connectivity index (χ1n) is 9.78. The van der Waals surface area contributed by atoms with Gasteiger partial charge >= 0.3 is 0 Å². The second kappa shape index (κ2) is 7.89. The van der Waals surface area contributed by atoms with Gasteiger partial charge in [-0.05, 0) is 18.1 Å². The molecule has 0 bridgehead atoms. The molecule has 0 unspecified atom stereocenters. The standard InChI is InChI=1S/C23H25N3O2/c1-24-17-20(19-9-5-6-10-21(19)24)23(28)26-15-13-25(14-16-26)22(27)12-11-18-7-3-2-4-8-18/h2-10,17H,11-16H2,1H3. The van der Waals surface area contributed by atoms with E-state index in [1.807, 2.05) is 82.2 Å². The van der Waals surface area contributed by atoms with Crippen LogP contribution in [0.15, 0.2) is 60.8 Å². The molecule has 5 heteroatoms. The molecular formula is C23H25N3O2. The average molecular weight is 375 g/mol. The molecule has 0 saturated carbocycles. The van der Waals surface area contributed by atoms with Crippen LogP contribution in [0.1, 0.15) is 22.3 Å². The lowest BCUT2D eigenvalue weighted by molar-refractivity contribution is -0.132. The van der Waals surface area contributed by atoms with E-state index in [1.165, 1.54) is 5.56 Å². The van der Waals surface area contributed by atoms with Gasteiger partial charge in [-0.15, -0.1) is 0 Å². The molecule has 28 heavy (non-hydrogen) atoms. The number of aromatic nitrogens is 1. The molecule has 1 aliphatic heterocycles. The van der Waals surface area contributed by atoms with Gasteiger partial charge in [-0.2, -0.15) is 0 Å². The van der Waals surface area contributed by atoms with Crippen LogP contribution < -0.4 is 0 Å². The predicted octanol–water partition coefficient (Wildman–Crippen LogP) is 3.10. The highest BCUT2D eigenvalue weighted by molar-refractivity contribution is 6.07. The Morgan fingerprint density at radius 3 is 2.25 bits per heavy atom. The van der Waals surface area contributed by atoms with Crippen molar-refractivity contribution < 1.29 is 9.59 Å². The lowest BCUT2D eigenvalue weighted by atomic mass is 10.1. The Morgan fingerprint density at radius 2 is 1.50 bits per heavy atom. The van der Waals surface area contributed by atoms with E-state index in [0.717, 1.165) is 22.9 Å². The molecule has 2 aromatic carbocycles. The molecule has 0 atom stereocenters. The first-order valence-corrected chi connectivity index (χ1v) is 9.78. The summed E-state index contributed by atoms with van der Waals surface area (Å²) in [5, 5.41) is 0.983. The summed E-state index contributed by atoms with van der Waals surface area (Å²) < 4.78 is 1.99. The molecule has 0 N–H and O–H groups in total. The SMILES string of the molecule is Cn1cc(C(=O)N2CCN(C(=O)CCc3ccccc3)CC2)c2ccccc21. The van der Waals surface area contributed by atoms with Gasteiger partial charge in [0.1, 0.15) is 0 Å². The molecule has 0 aliphatic carbocycles. The molecule has 4 rings (SSSR count). The smallest absolute Gasteiger partial charge is 0.256 e. The minimum absolute atomic E-state index is 0.0492. The van der Waals surface area contributed by atoms with Crippen LogP contribution in [0.25, 0.3) is 10.9 Å². The number of carbonyl (C=O) groups excluding carboxylic acids is 2. The monoisotopic (exact) mass is 375 g/mol. The van der Waals surface area contributed by atoms with Crippen molar-refractivity contribution in [1.82, 2.24) is 14.4 Å². The molecule has 1 fully saturated rings. The Bertz CT molecular complexity index is 986. The molecule has 2 heterocycles. The van der Waals surface area contributed by atoms with Crippen molar-refractivity contribution in [2.75, 3.05) is 26.2 Å². The maximum atomic E-state index is 13.0. The van der Waals surface area contributed by atoms with Crippen molar-refractivity contribution in [2.24, 2.45) is 7.05 Å². The molecule has 2 amide bonds. The minimum atomic E-state index is 0.0492. The Morgan fingerprint density at radius 1 is 0.857 bits per heavy atom. The van der Waals surface area contributed by atoms with Crippen molar-refractivity contribution >= 4 is 22.7 Å². The number of aryl methyl sites for hydroxylation is 2. The Hall–Kier alpha value is -3.08. The van der Waals surface area contributed by atoms with Crippen LogP contribution in [0.4, 0.5) is 0 Å². The molecule has 0 spiro atoms. The summed E-state index contributed by atoms with van der Waals surface area (Å²) in [6.07, 6.45) is 3.18. The van der Waals surface area contributed by atoms with Gasteiger partial charge in [-0.1, -0.05) is 48.5 Å². The van der Waals surface area contributed by atoms with Crippen LogP contribution in [0, 0.1) is 0 Å². The minimum Gasteiger partial charge on any atom is -0.350 e. The zero-order valence-electron chi connectivity index (χ0n) is 16.2. The van der Waals surface area contributed by atoms with Crippen molar-refractivity contribution in [1.29, 1.82) is 0 Å². The van der Waals surface area contributed by atoms with E-state index in [9.17, 15) is 9.59 Å². The average Bonchev–Trinajstić information content (AvgIpc) is 3.09. The summed E-state index contributed by atoms with van der Waals surface area (Å²) >= 11 is 0. The molecule has 1 aliphatic rings. The number of rotatable bonds is 4. The van der Waals surface area contributed by atoms with Gasteiger partial charge < -0.3 is 14.4 Å². The maximum Gasteiger partial charge on any atom is 0.256 e. The van der Waals surface area contributed by atoms with Crippen molar-refractivity contribution in [3.05, 3.63) is 71.9 Å². The van der Waals surface area contributed by atoms with E-state index < -0.39 is 0 Å². The number of benzene rings is 2. The summed E-state index contributed by atoms with van der Waals surface area (Å²) in [4.78, 5) is 29.3. The van der Waals surface area contributed by atoms with Crippen molar-refractivity contribution in [3.63, 3.8) is 0 Å². The molecule has 3 aromatic rings. The molecule has 1 aromatic heterocycles. The van der Waals surface area contributed by atoms with E-state index in [-0.39, 0.29) is 11.8 Å². The van der Waals surface area contributed by atoms with Crippen LogP contribution in [0.5, 0.6) is 0 Å². The lowest BCUT2D eigenvalue weighted by Crippen LogP contribution is -2.50. The number of carbonyl (C=O) groups is 2. The van der Waals surface area contributed by atoms with Gasteiger partial charge in [0.15, 0.2) is 0 Å². The van der Waals surface area contributed by atoms with Gasteiger partial charge in [0.2, 0.25) is 5.91 Å². The molecule has 1 saturated heterocycles. The number of fused-ring (bicyclic) bond motifs is 1. The zero-order valence-corrected chi connectivity index (χ0v) is 16.2. The van der Waals surface area contributed by atoms with E-state index >= 15 is 0 Å². The number of para-hydroxylation sites is 1. The molecule has 0 radical (unpaired) electrons. The van der Waals surface area contributed by atoms with Crippen LogP contribution >= 0.6 is 0 Å². The third-order valence-corrected chi connectivity index (χ3v) is 5.52. The second-order valence-corrected chi connectivity index (χ2v) is 7.33. The topological polar surface area (TPSA) is 45.6 Å². The van der Waals surface area contributed by atoms with E-state index in [2.05, 4.69) is 0 Å². The van der Waals surface area contributed by atoms with Gasteiger partial charge in [-0.3, -0.25) is 9.59 Å². The largest absolute Gasteiger partial charge is 0.350 e. The van der Waals surface area contributed by atoms with Crippen molar-refractivity contribution in [2.45, 2.75) is 12.8 Å². The number of hydrogen-bond acceptors (Lipinski definition) is 2. The Labute approximate surface area is 165 Å². The number of amides is 2. The summed E-state index contributed by atoms with van der Waals surface area (Å²) in [6.45, 7) is 2.37. The number of nitrogens with zero attached hydrogens (tertiary/aromatic N) is 3. The quantitative estimate of drug-likeness (QED) is 0.703. The Kier molecular flexibility index (Phi) is 5.15. The van der Waals surface area contributed by atoms with Crippen molar-refractivity contribution in [3.8, 4) is 0 Å². The van der Waals surface area contributed by atoms with Crippen LogP contribution in [-0.4, -0.2) is 52.4 Å². The first kappa shape index (κ1) is 18.3. The van der Waals surface area contributed by atoms with E-state index in [1.54, 1.807) is 0 Å². The normalized spacial score (nSPS) is 14.5. The van der Waals surface area contributed by atoms with Crippen LogP contribution in [-0.2, 0) is 18.3 Å². The first-order chi connectivity index (χ1) is 13.6. The second-order valence-electron chi connectivity index (χ2n) is 7.33. The number of piperazine rings is 1. The van der Waals surface area contributed by atoms with Gasteiger partial charge in [0.25, 0.3) is 5.91 Å².